The summed E-state index contributed by atoms with van der Waals surface area (Å²) in [6.07, 6.45) is 4.58. The molecule has 1 N–H and O–H groups in total. The molecular formula is C21H24ClN5O2. The number of piperidine rings is 1. The molecule has 0 atom stereocenters. The summed E-state index contributed by atoms with van der Waals surface area (Å²) in [5.41, 5.74) is 0.647. The number of amidine groups is 1. The Balaban J connectivity index is 1.52. The number of carboxylic acid groups (broad SMARTS) is 1. The van der Waals surface area contributed by atoms with Crippen molar-refractivity contribution < 1.29 is 9.90 Å². The lowest BCUT2D eigenvalue weighted by molar-refractivity contribution is -0.139. The molecule has 0 radical (unpaired) electrons. The van der Waals surface area contributed by atoms with Gasteiger partial charge in [-0.25, -0.2) is 9.79 Å². The Morgan fingerprint density at radius 2 is 1.97 bits per heavy atom. The standard InChI is InChI=1S/C21H24ClN5O2/c1-26(18-7-3-2-5-16(18)22)15-8-13-27(14-9-15)19(17-6-4-12-23-25-17)24-21(10-11-21)20(28)29/h2-7,12,15H,8-11,13-14H2,1H3,(H,28,29). The SMILES string of the molecule is CN(c1ccccc1Cl)C1CCN(C(=NC2(C(=O)O)CC2)c2cccnn2)CC1. The molecule has 1 aliphatic heterocycles. The second-order valence-corrected chi connectivity index (χ2v) is 8.07. The summed E-state index contributed by atoms with van der Waals surface area (Å²) in [4.78, 5) is 20.7. The summed E-state index contributed by atoms with van der Waals surface area (Å²) >= 11 is 6.36. The number of carboxylic acids is 1. The van der Waals surface area contributed by atoms with Crippen molar-refractivity contribution in [1.29, 1.82) is 0 Å². The highest BCUT2D eigenvalue weighted by molar-refractivity contribution is 6.33. The predicted octanol–water partition coefficient (Wildman–Crippen LogP) is 3.09. The Kier molecular flexibility index (Phi) is 5.41. The van der Waals surface area contributed by atoms with Crippen molar-refractivity contribution in [3.05, 3.63) is 53.3 Å². The first-order valence-electron chi connectivity index (χ1n) is 9.84. The molecule has 8 heteroatoms. The summed E-state index contributed by atoms with van der Waals surface area (Å²) in [5.74, 6) is -0.232. The van der Waals surface area contributed by atoms with Crippen molar-refractivity contribution >= 4 is 29.1 Å². The highest BCUT2D eigenvalue weighted by Gasteiger charge is 2.51. The molecule has 1 aliphatic carbocycles. The van der Waals surface area contributed by atoms with Crippen LogP contribution in [0, 0.1) is 0 Å². The van der Waals surface area contributed by atoms with Crippen LogP contribution in [0.2, 0.25) is 5.02 Å². The number of hydrogen-bond acceptors (Lipinski definition) is 5. The summed E-state index contributed by atoms with van der Waals surface area (Å²) in [7, 11) is 2.07. The van der Waals surface area contributed by atoms with Crippen LogP contribution in [-0.4, -0.2) is 63.7 Å². The maximum Gasteiger partial charge on any atom is 0.331 e. The van der Waals surface area contributed by atoms with Crippen LogP contribution in [0.5, 0.6) is 0 Å². The van der Waals surface area contributed by atoms with Crippen LogP contribution in [0.15, 0.2) is 47.6 Å². The molecule has 1 aromatic heterocycles. The van der Waals surface area contributed by atoms with Crippen molar-refractivity contribution in [2.75, 3.05) is 25.0 Å². The molecule has 2 heterocycles. The fourth-order valence-corrected chi connectivity index (χ4v) is 4.07. The van der Waals surface area contributed by atoms with E-state index in [0.29, 0.717) is 30.4 Å². The Hall–Kier alpha value is -2.67. The number of rotatable bonds is 5. The number of aromatic nitrogens is 2. The number of halogens is 1. The van der Waals surface area contributed by atoms with Crippen LogP contribution in [0.1, 0.15) is 31.4 Å². The first kappa shape index (κ1) is 19.6. The Morgan fingerprint density at radius 3 is 2.55 bits per heavy atom. The molecule has 1 saturated carbocycles. The summed E-state index contributed by atoms with van der Waals surface area (Å²) in [6, 6.07) is 11.9. The highest BCUT2D eigenvalue weighted by Crippen LogP contribution is 2.41. The number of aliphatic carboxylic acids is 1. The molecule has 1 aromatic carbocycles. The second kappa shape index (κ2) is 7.99. The van der Waals surface area contributed by atoms with Crippen molar-refractivity contribution in [3.63, 3.8) is 0 Å². The van der Waals surface area contributed by atoms with Crippen molar-refractivity contribution in [2.45, 2.75) is 37.3 Å². The van der Waals surface area contributed by atoms with Gasteiger partial charge in [0.05, 0.1) is 10.7 Å². The van der Waals surface area contributed by atoms with Crippen LogP contribution in [0.4, 0.5) is 5.69 Å². The van der Waals surface area contributed by atoms with Gasteiger partial charge in [-0.15, -0.1) is 5.10 Å². The van der Waals surface area contributed by atoms with Gasteiger partial charge in [-0.05, 0) is 49.9 Å². The lowest BCUT2D eigenvalue weighted by Gasteiger charge is -2.39. The van der Waals surface area contributed by atoms with E-state index >= 15 is 0 Å². The number of nitrogens with zero attached hydrogens (tertiary/aromatic N) is 5. The highest BCUT2D eigenvalue weighted by atomic mass is 35.5. The number of aliphatic imine (C=N–C) groups is 1. The van der Waals surface area contributed by atoms with Gasteiger partial charge in [0.1, 0.15) is 5.69 Å². The minimum atomic E-state index is -1.00. The third-order valence-electron chi connectivity index (χ3n) is 5.79. The number of benzene rings is 1. The number of anilines is 1. The second-order valence-electron chi connectivity index (χ2n) is 7.66. The minimum Gasteiger partial charge on any atom is -0.479 e. The van der Waals surface area contributed by atoms with E-state index in [1.807, 2.05) is 30.3 Å². The summed E-state index contributed by atoms with van der Waals surface area (Å²) in [6.45, 7) is 1.54. The average molecular weight is 414 g/mol. The van der Waals surface area contributed by atoms with Gasteiger partial charge in [-0.2, -0.15) is 5.10 Å². The fraction of sp³-hybridized carbons (Fsp3) is 0.429. The van der Waals surface area contributed by atoms with Gasteiger partial charge in [0.2, 0.25) is 0 Å². The summed E-state index contributed by atoms with van der Waals surface area (Å²) in [5, 5.41) is 18.5. The van der Waals surface area contributed by atoms with Crippen molar-refractivity contribution in [3.8, 4) is 0 Å². The fourth-order valence-electron chi connectivity index (χ4n) is 3.80. The molecule has 0 amide bonds. The van der Waals surface area contributed by atoms with Crippen LogP contribution in [0.3, 0.4) is 0 Å². The molecule has 2 aromatic rings. The molecule has 152 valence electrons. The number of hydrogen-bond donors (Lipinski definition) is 1. The zero-order valence-electron chi connectivity index (χ0n) is 16.3. The summed E-state index contributed by atoms with van der Waals surface area (Å²) < 4.78 is 0. The lowest BCUT2D eigenvalue weighted by Crippen LogP contribution is -2.46. The van der Waals surface area contributed by atoms with E-state index < -0.39 is 11.5 Å². The maximum atomic E-state index is 11.7. The van der Waals surface area contributed by atoms with Crippen molar-refractivity contribution in [2.24, 2.45) is 4.99 Å². The predicted molar refractivity (Wildman–Crippen MR) is 113 cm³/mol. The third kappa shape index (κ3) is 4.05. The normalized spacial score (nSPS) is 19.1. The largest absolute Gasteiger partial charge is 0.479 e. The van der Waals surface area contributed by atoms with E-state index in [1.54, 1.807) is 12.3 Å². The average Bonchev–Trinajstić information content (AvgIpc) is 3.54. The van der Waals surface area contributed by atoms with E-state index in [-0.39, 0.29) is 0 Å². The molecule has 2 fully saturated rings. The van der Waals surface area contributed by atoms with Gasteiger partial charge < -0.3 is 14.9 Å². The number of para-hydroxylation sites is 1. The topological polar surface area (TPSA) is 81.9 Å². The molecule has 0 bridgehead atoms. The Bertz CT molecular complexity index is 908. The van der Waals surface area contributed by atoms with Gasteiger partial charge >= 0.3 is 5.97 Å². The van der Waals surface area contributed by atoms with Gasteiger partial charge in [0, 0.05) is 32.4 Å². The van der Waals surface area contributed by atoms with Gasteiger partial charge in [-0.1, -0.05) is 23.7 Å². The quantitative estimate of drug-likeness (QED) is 0.599. The molecule has 0 spiro atoms. The van der Waals surface area contributed by atoms with Gasteiger partial charge in [-0.3, -0.25) is 0 Å². The lowest BCUT2D eigenvalue weighted by atomic mass is 10.0. The molecule has 29 heavy (non-hydrogen) atoms. The Labute approximate surface area is 175 Å². The molecular weight excluding hydrogens is 390 g/mol. The van der Waals surface area contributed by atoms with E-state index in [0.717, 1.165) is 36.6 Å². The molecule has 2 aliphatic rings. The first-order chi connectivity index (χ1) is 14.0. The number of likely N-dealkylation sites (tertiary alicyclic amines) is 1. The zero-order chi connectivity index (χ0) is 20.4. The van der Waals surface area contributed by atoms with E-state index in [9.17, 15) is 9.90 Å². The van der Waals surface area contributed by atoms with Crippen LogP contribution in [0.25, 0.3) is 0 Å². The first-order valence-corrected chi connectivity index (χ1v) is 10.2. The molecule has 0 unspecified atom stereocenters. The molecule has 1 saturated heterocycles. The van der Waals surface area contributed by atoms with Crippen LogP contribution in [-0.2, 0) is 4.79 Å². The Morgan fingerprint density at radius 1 is 1.24 bits per heavy atom. The zero-order valence-corrected chi connectivity index (χ0v) is 17.1. The third-order valence-corrected chi connectivity index (χ3v) is 6.11. The minimum absolute atomic E-state index is 0.351. The van der Waals surface area contributed by atoms with E-state index in [2.05, 4.69) is 32.0 Å². The molecule has 4 rings (SSSR count). The van der Waals surface area contributed by atoms with Gasteiger partial charge in [0.15, 0.2) is 11.4 Å². The maximum absolute atomic E-state index is 11.7. The number of carbonyl (C=O) groups is 1. The molecule has 7 nitrogen and oxygen atoms in total. The van der Waals surface area contributed by atoms with Gasteiger partial charge in [0.25, 0.3) is 0 Å². The van der Waals surface area contributed by atoms with E-state index in [1.165, 1.54) is 0 Å². The monoisotopic (exact) mass is 413 g/mol. The van der Waals surface area contributed by atoms with Crippen molar-refractivity contribution in [1.82, 2.24) is 15.1 Å². The van der Waals surface area contributed by atoms with Crippen LogP contribution < -0.4 is 4.90 Å². The van der Waals surface area contributed by atoms with Crippen LogP contribution >= 0.6 is 11.6 Å². The van der Waals surface area contributed by atoms with E-state index in [4.69, 9.17) is 11.6 Å². The smallest absolute Gasteiger partial charge is 0.331 e.